The summed E-state index contributed by atoms with van der Waals surface area (Å²) in [7, 11) is -2.87. The highest BCUT2D eigenvalue weighted by Crippen LogP contribution is 2.54. The smallest absolute Gasteiger partial charge is 0.174 e. The van der Waals surface area contributed by atoms with Crippen molar-refractivity contribution in [3.63, 3.8) is 0 Å². The first-order valence-corrected chi connectivity index (χ1v) is 6.70. The van der Waals surface area contributed by atoms with Gasteiger partial charge in [0, 0.05) is 5.41 Å². The Bertz CT molecular complexity index is 355. The molecule has 0 saturated heterocycles. The van der Waals surface area contributed by atoms with Crippen LogP contribution in [-0.4, -0.2) is 13.7 Å². The summed E-state index contributed by atoms with van der Waals surface area (Å²) in [5.74, 6) is 1.67. The van der Waals surface area contributed by atoms with Crippen LogP contribution in [0, 0.1) is 17.8 Å². The summed E-state index contributed by atoms with van der Waals surface area (Å²) in [4.78, 5) is 0. The summed E-state index contributed by atoms with van der Waals surface area (Å²) >= 11 is 0. The van der Waals surface area contributed by atoms with E-state index < -0.39 is 9.84 Å². The zero-order valence-electron chi connectivity index (χ0n) is 7.52. The number of sulfone groups is 1. The van der Waals surface area contributed by atoms with Crippen molar-refractivity contribution >= 4 is 9.84 Å². The third-order valence-corrected chi connectivity index (χ3v) is 6.14. The van der Waals surface area contributed by atoms with Gasteiger partial charge in [-0.3, -0.25) is 0 Å². The minimum Gasteiger partial charge on any atom is -0.224 e. The molecule has 0 radical (unpaired) electrons. The van der Waals surface area contributed by atoms with Gasteiger partial charge >= 0.3 is 0 Å². The van der Waals surface area contributed by atoms with Crippen LogP contribution in [0.1, 0.15) is 25.7 Å². The molecule has 2 bridgehead atoms. The lowest BCUT2D eigenvalue weighted by molar-refractivity contribution is 0.333. The van der Waals surface area contributed by atoms with Gasteiger partial charge in [0.05, 0.1) is 5.25 Å². The van der Waals surface area contributed by atoms with E-state index in [0.29, 0.717) is 11.8 Å². The molecule has 0 N–H and O–H groups in total. The molecule has 72 valence electrons. The molecule has 13 heavy (non-hydrogen) atoms. The molecule has 2 nitrogen and oxygen atoms in total. The SMILES string of the molecule is O=S1(=O)C=CCC2C3CCC(C3)C21. The van der Waals surface area contributed by atoms with Crippen molar-refractivity contribution in [2.75, 3.05) is 0 Å². The lowest BCUT2D eigenvalue weighted by Crippen LogP contribution is -2.35. The summed E-state index contributed by atoms with van der Waals surface area (Å²) in [6.07, 6.45) is 6.46. The molecule has 3 rings (SSSR count). The average molecular weight is 198 g/mol. The Morgan fingerprint density at radius 1 is 1.15 bits per heavy atom. The lowest BCUT2D eigenvalue weighted by atomic mass is 9.86. The molecule has 0 spiro atoms. The largest absolute Gasteiger partial charge is 0.224 e. The topological polar surface area (TPSA) is 34.1 Å². The van der Waals surface area contributed by atoms with E-state index in [2.05, 4.69) is 0 Å². The summed E-state index contributed by atoms with van der Waals surface area (Å²) in [5.41, 5.74) is 0. The Morgan fingerprint density at radius 2 is 1.92 bits per heavy atom. The molecule has 1 heterocycles. The van der Waals surface area contributed by atoms with Crippen LogP contribution in [0.3, 0.4) is 0 Å². The third-order valence-electron chi connectivity index (χ3n) is 4.08. The van der Waals surface area contributed by atoms with Crippen molar-refractivity contribution < 1.29 is 8.42 Å². The predicted molar refractivity (Wildman–Crippen MR) is 50.8 cm³/mol. The zero-order chi connectivity index (χ0) is 9.05. The van der Waals surface area contributed by atoms with Crippen molar-refractivity contribution in [3.8, 4) is 0 Å². The first kappa shape index (κ1) is 8.04. The van der Waals surface area contributed by atoms with Crippen LogP contribution in [0.15, 0.2) is 11.5 Å². The highest BCUT2D eigenvalue weighted by Gasteiger charge is 2.52. The number of allylic oxidation sites excluding steroid dienone is 1. The molecule has 0 aromatic rings. The number of rotatable bonds is 0. The van der Waals surface area contributed by atoms with E-state index in [0.717, 1.165) is 18.8 Å². The van der Waals surface area contributed by atoms with Crippen LogP contribution in [0.25, 0.3) is 0 Å². The summed E-state index contributed by atoms with van der Waals surface area (Å²) in [6.45, 7) is 0. The van der Waals surface area contributed by atoms with Crippen molar-refractivity contribution in [2.24, 2.45) is 17.8 Å². The fraction of sp³-hybridized carbons (Fsp3) is 0.800. The van der Waals surface area contributed by atoms with Crippen molar-refractivity contribution in [1.82, 2.24) is 0 Å². The Hall–Kier alpha value is -0.310. The summed E-state index contributed by atoms with van der Waals surface area (Å²) in [5, 5.41) is 1.45. The number of hydrogen-bond donors (Lipinski definition) is 0. The number of fused-ring (bicyclic) bond motifs is 5. The minimum absolute atomic E-state index is 0.00347. The first-order valence-electron chi connectivity index (χ1n) is 5.09. The summed E-state index contributed by atoms with van der Waals surface area (Å²) < 4.78 is 23.5. The molecule has 0 aromatic carbocycles. The van der Waals surface area contributed by atoms with Crippen LogP contribution < -0.4 is 0 Å². The van der Waals surface area contributed by atoms with Gasteiger partial charge < -0.3 is 0 Å². The van der Waals surface area contributed by atoms with Crippen LogP contribution in [-0.2, 0) is 9.84 Å². The molecule has 0 amide bonds. The van der Waals surface area contributed by atoms with E-state index >= 15 is 0 Å². The Kier molecular flexibility index (Phi) is 1.47. The quantitative estimate of drug-likeness (QED) is 0.594. The monoisotopic (exact) mass is 198 g/mol. The second-order valence-corrected chi connectivity index (χ2v) is 6.65. The molecule has 3 heteroatoms. The zero-order valence-corrected chi connectivity index (χ0v) is 8.33. The van der Waals surface area contributed by atoms with Gasteiger partial charge in [0.25, 0.3) is 0 Å². The van der Waals surface area contributed by atoms with Crippen LogP contribution in [0.4, 0.5) is 0 Å². The first-order chi connectivity index (χ1) is 6.18. The molecule has 2 saturated carbocycles. The van der Waals surface area contributed by atoms with Crippen LogP contribution >= 0.6 is 0 Å². The summed E-state index contributed by atoms with van der Waals surface area (Å²) in [6, 6.07) is 0. The number of hydrogen-bond acceptors (Lipinski definition) is 2. The van der Waals surface area contributed by atoms with Gasteiger partial charge in [-0.25, -0.2) is 8.42 Å². The van der Waals surface area contributed by atoms with Gasteiger partial charge in [-0.2, -0.15) is 0 Å². The molecular weight excluding hydrogens is 184 g/mol. The third kappa shape index (κ3) is 0.967. The van der Waals surface area contributed by atoms with Gasteiger partial charge in [0.15, 0.2) is 9.84 Å². The van der Waals surface area contributed by atoms with Gasteiger partial charge in [-0.15, -0.1) is 0 Å². The molecule has 4 unspecified atom stereocenters. The highest BCUT2D eigenvalue weighted by molar-refractivity contribution is 7.95. The van der Waals surface area contributed by atoms with Crippen LogP contribution in [0.5, 0.6) is 0 Å². The molecule has 0 aromatic heterocycles. The average Bonchev–Trinajstić information content (AvgIpc) is 2.62. The predicted octanol–water partition coefficient (Wildman–Crippen LogP) is 1.73. The fourth-order valence-electron chi connectivity index (χ4n) is 3.63. The molecule has 2 fully saturated rings. The van der Waals surface area contributed by atoms with E-state index in [9.17, 15) is 8.42 Å². The maximum atomic E-state index is 11.8. The fourth-order valence-corrected chi connectivity index (χ4v) is 5.80. The van der Waals surface area contributed by atoms with E-state index in [1.807, 2.05) is 6.08 Å². The molecule has 1 aliphatic heterocycles. The van der Waals surface area contributed by atoms with Gasteiger partial charge in [0.1, 0.15) is 0 Å². The standard InChI is InChI=1S/C10H14O2S/c11-13(12)5-1-2-9-7-3-4-8(6-7)10(9)13/h1,5,7-10H,2-4,6H2. The molecule has 4 atom stereocenters. The second-order valence-electron chi connectivity index (χ2n) is 4.66. The van der Waals surface area contributed by atoms with Crippen molar-refractivity contribution in [1.29, 1.82) is 0 Å². The Morgan fingerprint density at radius 3 is 2.69 bits per heavy atom. The van der Waals surface area contributed by atoms with Crippen molar-refractivity contribution in [3.05, 3.63) is 11.5 Å². The van der Waals surface area contributed by atoms with Gasteiger partial charge in [-0.1, -0.05) is 6.08 Å². The lowest BCUT2D eigenvalue weighted by Gasteiger charge is -2.31. The molecule has 3 aliphatic rings. The molecule has 2 aliphatic carbocycles. The Labute approximate surface area is 78.9 Å². The maximum Gasteiger partial charge on any atom is 0.174 e. The minimum atomic E-state index is -2.87. The van der Waals surface area contributed by atoms with Crippen molar-refractivity contribution in [2.45, 2.75) is 30.9 Å². The normalized spacial score (nSPS) is 50.8. The van der Waals surface area contributed by atoms with Gasteiger partial charge in [0.2, 0.25) is 0 Å². The van der Waals surface area contributed by atoms with Gasteiger partial charge in [-0.05, 0) is 43.4 Å². The van der Waals surface area contributed by atoms with Crippen LogP contribution in [0.2, 0.25) is 0 Å². The highest BCUT2D eigenvalue weighted by atomic mass is 32.2. The second kappa shape index (κ2) is 2.38. The van der Waals surface area contributed by atoms with E-state index in [-0.39, 0.29) is 5.25 Å². The molecular formula is C10H14O2S. The van der Waals surface area contributed by atoms with E-state index in [1.54, 1.807) is 0 Å². The van der Waals surface area contributed by atoms with E-state index in [1.165, 1.54) is 18.2 Å². The van der Waals surface area contributed by atoms with E-state index in [4.69, 9.17) is 0 Å². The Balaban J connectivity index is 2.08. The maximum absolute atomic E-state index is 11.8.